The van der Waals surface area contributed by atoms with Gasteiger partial charge in [0.05, 0.1) is 12.2 Å². The van der Waals surface area contributed by atoms with Gasteiger partial charge in [0.2, 0.25) is 5.95 Å². The maximum absolute atomic E-state index is 12.5. The number of hydrogen-bond acceptors (Lipinski definition) is 7. The monoisotopic (exact) mass is 427 g/mol. The number of rotatable bonds is 6. The fourth-order valence-electron chi connectivity index (χ4n) is 3.15. The summed E-state index contributed by atoms with van der Waals surface area (Å²) in [5, 5.41) is 6.54. The molecular weight excluding hydrogens is 406 g/mol. The summed E-state index contributed by atoms with van der Waals surface area (Å²) in [5.41, 5.74) is 1.83. The molecule has 1 aliphatic rings. The summed E-state index contributed by atoms with van der Waals surface area (Å²) in [6.45, 7) is 3.65. The molecule has 1 fully saturated rings. The number of aromatic nitrogens is 5. The molecule has 30 heavy (non-hydrogen) atoms. The number of nitrogens with zero attached hydrogens (tertiary/aromatic N) is 5. The second-order valence-corrected chi connectivity index (χ2v) is 7.42. The number of imidazole rings is 1. The van der Waals surface area contributed by atoms with Crippen molar-refractivity contribution in [3.05, 3.63) is 59.0 Å². The Kier molecular flexibility index (Phi) is 6.20. The maximum atomic E-state index is 12.5. The van der Waals surface area contributed by atoms with Crippen LogP contribution in [0.1, 0.15) is 34.6 Å². The van der Waals surface area contributed by atoms with Crippen LogP contribution in [0.25, 0.3) is 5.82 Å². The molecule has 0 aliphatic carbocycles. The molecule has 0 aromatic carbocycles. The third-order valence-electron chi connectivity index (χ3n) is 4.76. The van der Waals surface area contributed by atoms with Crippen LogP contribution in [0.2, 0.25) is 5.15 Å². The van der Waals surface area contributed by atoms with Gasteiger partial charge in [-0.05, 0) is 31.9 Å². The average Bonchev–Trinajstić information content (AvgIpc) is 3.24. The zero-order chi connectivity index (χ0) is 20.9. The van der Waals surface area contributed by atoms with Crippen molar-refractivity contribution < 1.29 is 9.53 Å². The van der Waals surface area contributed by atoms with Crippen LogP contribution >= 0.6 is 11.6 Å². The quantitative estimate of drug-likeness (QED) is 0.582. The van der Waals surface area contributed by atoms with E-state index in [9.17, 15) is 4.79 Å². The summed E-state index contributed by atoms with van der Waals surface area (Å²) >= 11 is 5.87. The molecule has 4 heterocycles. The van der Waals surface area contributed by atoms with E-state index in [4.69, 9.17) is 16.3 Å². The molecule has 0 bridgehead atoms. The predicted octanol–water partition coefficient (Wildman–Crippen LogP) is 2.54. The van der Waals surface area contributed by atoms with Crippen molar-refractivity contribution in [2.45, 2.75) is 32.4 Å². The van der Waals surface area contributed by atoms with Gasteiger partial charge < -0.3 is 15.4 Å². The number of amides is 1. The molecule has 3 aromatic rings. The lowest BCUT2D eigenvalue weighted by Crippen LogP contribution is -2.28. The van der Waals surface area contributed by atoms with Gasteiger partial charge in [0.15, 0.2) is 0 Å². The van der Waals surface area contributed by atoms with Gasteiger partial charge in [-0.15, -0.1) is 0 Å². The summed E-state index contributed by atoms with van der Waals surface area (Å²) in [6, 6.07) is 5.56. The standard InChI is InChI=1S/C20H22ClN7O2/c1-13-9-23-20(26-14-5-7-30-8-6-14)27-18(13)28-11-16(24-12-28)19(29)22-10-15-3-2-4-17(21)25-15/h2-4,9,11-12,14H,5-8,10H2,1H3,(H,22,29)(H,23,26,27). The zero-order valence-electron chi connectivity index (χ0n) is 16.5. The predicted molar refractivity (Wildman–Crippen MR) is 112 cm³/mol. The number of anilines is 1. The third-order valence-corrected chi connectivity index (χ3v) is 4.97. The van der Waals surface area contributed by atoms with E-state index < -0.39 is 0 Å². The van der Waals surface area contributed by atoms with E-state index in [1.165, 1.54) is 0 Å². The van der Waals surface area contributed by atoms with Gasteiger partial charge in [-0.2, -0.15) is 4.98 Å². The molecule has 10 heteroatoms. The Morgan fingerprint density at radius 2 is 2.10 bits per heavy atom. The molecule has 1 saturated heterocycles. The number of hydrogen-bond donors (Lipinski definition) is 2. The first-order valence-electron chi connectivity index (χ1n) is 9.70. The fraction of sp³-hybridized carbons (Fsp3) is 0.350. The molecule has 156 valence electrons. The van der Waals surface area contributed by atoms with Gasteiger partial charge >= 0.3 is 0 Å². The highest BCUT2D eigenvalue weighted by Crippen LogP contribution is 2.16. The molecule has 3 aromatic heterocycles. The average molecular weight is 428 g/mol. The first kappa shape index (κ1) is 20.2. The first-order chi connectivity index (χ1) is 14.6. The number of aryl methyl sites for hydroxylation is 1. The minimum absolute atomic E-state index is 0.262. The Morgan fingerprint density at radius 3 is 2.90 bits per heavy atom. The smallest absolute Gasteiger partial charge is 0.271 e. The second kappa shape index (κ2) is 9.19. The molecule has 0 radical (unpaired) electrons. The minimum atomic E-state index is -0.303. The van der Waals surface area contributed by atoms with Crippen molar-refractivity contribution in [2.75, 3.05) is 18.5 Å². The van der Waals surface area contributed by atoms with Crippen LogP contribution in [-0.2, 0) is 11.3 Å². The topological polar surface area (TPSA) is 107 Å². The Labute approximate surface area is 178 Å². The SMILES string of the molecule is Cc1cnc(NC2CCOCC2)nc1-n1cnc(C(=O)NCc2cccc(Cl)n2)c1. The highest BCUT2D eigenvalue weighted by Gasteiger charge is 2.16. The van der Waals surface area contributed by atoms with Crippen LogP contribution in [0.15, 0.2) is 36.9 Å². The molecule has 9 nitrogen and oxygen atoms in total. The maximum Gasteiger partial charge on any atom is 0.271 e. The van der Waals surface area contributed by atoms with Crippen LogP contribution < -0.4 is 10.6 Å². The summed E-state index contributed by atoms with van der Waals surface area (Å²) in [5.74, 6) is 0.916. The Hall–Kier alpha value is -3.04. The zero-order valence-corrected chi connectivity index (χ0v) is 17.3. The van der Waals surface area contributed by atoms with Gasteiger partial charge in [0.1, 0.15) is 23.0 Å². The number of pyridine rings is 1. The van der Waals surface area contributed by atoms with E-state index in [1.807, 2.05) is 6.92 Å². The van der Waals surface area contributed by atoms with Crippen LogP contribution in [-0.4, -0.2) is 49.7 Å². The lowest BCUT2D eigenvalue weighted by molar-refractivity contribution is 0.0903. The van der Waals surface area contributed by atoms with Crippen LogP contribution in [0, 0.1) is 6.92 Å². The van der Waals surface area contributed by atoms with Gasteiger partial charge in [-0.1, -0.05) is 17.7 Å². The van der Waals surface area contributed by atoms with E-state index in [0.717, 1.165) is 31.6 Å². The van der Waals surface area contributed by atoms with Crippen molar-refractivity contribution in [2.24, 2.45) is 0 Å². The van der Waals surface area contributed by atoms with Crippen molar-refractivity contribution >= 4 is 23.5 Å². The second-order valence-electron chi connectivity index (χ2n) is 7.03. The molecule has 1 amide bonds. The van der Waals surface area contributed by atoms with Crippen molar-refractivity contribution in [1.29, 1.82) is 0 Å². The highest BCUT2D eigenvalue weighted by molar-refractivity contribution is 6.29. The van der Waals surface area contributed by atoms with Crippen LogP contribution in [0.3, 0.4) is 0 Å². The fourth-order valence-corrected chi connectivity index (χ4v) is 3.34. The Morgan fingerprint density at radius 1 is 1.27 bits per heavy atom. The van der Waals surface area contributed by atoms with Gasteiger partial charge in [0, 0.05) is 37.2 Å². The largest absolute Gasteiger partial charge is 0.381 e. The Bertz CT molecular complexity index is 1030. The van der Waals surface area contributed by atoms with E-state index in [-0.39, 0.29) is 18.1 Å². The van der Waals surface area contributed by atoms with Gasteiger partial charge in [-0.25, -0.2) is 15.0 Å². The highest BCUT2D eigenvalue weighted by atomic mass is 35.5. The molecule has 0 spiro atoms. The molecular formula is C20H22ClN7O2. The van der Waals surface area contributed by atoms with Crippen molar-refractivity contribution in [3.63, 3.8) is 0 Å². The summed E-state index contributed by atoms with van der Waals surface area (Å²) in [7, 11) is 0. The number of carbonyl (C=O) groups excluding carboxylic acids is 1. The lowest BCUT2D eigenvalue weighted by Gasteiger charge is -2.23. The summed E-state index contributed by atoms with van der Waals surface area (Å²) in [4.78, 5) is 29.8. The first-order valence-corrected chi connectivity index (χ1v) is 10.1. The van der Waals surface area contributed by atoms with Crippen LogP contribution in [0.5, 0.6) is 0 Å². The number of halogens is 1. The van der Waals surface area contributed by atoms with Crippen molar-refractivity contribution in [1.82, 2.24) is 29.8 Å². The van der Waals surface area contributed by atoms with Crippen LogP contribution in [0.4, 0.5) is 5.95 Å². The Balaban J connectivity index is 1.44. The molecule has 0 atom stereocenters. The number of ether oxygens (including phenoxy) is 1. The van der Waals surface area contributed by atoms with E-state index in [0.29, 0.717) is 28.7 Å². The minimum Gasteiger partial charge on any atom is -0.381 e. The molecule has 0 unspecified atom stereocenters. The molecule has 0 saturated carbocycles. The normalized spacial score (nSPS) is 14.5. The third kappa shape index (κ3) is 4.92. The number of carbonyl (C=O) groups is 1. The van der Waals surface area contributed by atoms with Gasteiger partial charge in [-0.3, -0.25) is 9.36 Å². The summed E-state index contributed by atoms with van der Waals surface area (Å²) in [6.07, 6.45) is 6.82. The van der Waals surface area contributed by atoms with E-state index in [2.05, 4.69) is 30.6 Å². The van der Waals surface area contributed by atoms with Gasteiger partial charge in [0.25, 0.3) is 5.91 Å². The lowest BCUT2D eigenvalue weighted by atomic mass is 10.1. The molecule has 4 rings (SSSR count). The number of nitrogens with one attached hydrogen (secondary N) is 2. The molecule has 2 N–H and O–H groups in total. The van der Waals surface area contributed by atoms with E-state index in [1.54, 1.807) is 41.5 Å². The van der Waals surface area contributed by atoms with Crippen molar-refractivity contribution in [3.8, 4) is 5.82 Å². The molecule has 1 aliphatic heterocycles. The summed E-state index contributed by atoms with van der Waals surface area (Å²) < 4.78 is 7.11. The van der Waals surface area contributed by atoms with E-state index >= 15 is 0 Å².